The Balaban J connectivity index is 1.91. The van der Waals surface area contributed by atoms with Crippen LogP contribution in [0.4, 0.5) is 5.13 Å². The first-order valence-corrected chi connectivity index (χ1v) is 6.57. The Morgan fingerprint density at radius 1 is 1.47 bits per heavy atom. The second-order valence-corrected chi connectivity index (χ2v) is 5.39. The van der Waals surface area contributed by atoms with Crippen LogP contribution in [-0.4, -0.2) is 54.2 Å². The van der Waals surface area contributed by atoms with Crippen molar-refractivity contribution in [2.24, 2.45) is 0 Å². The van der Waals surface area contributed by atoms with Crippen LogP contribution in [0.15, 0.2) is 6.20 Å². The average Bonchev–Trinajstić information content (AvgIpc) is 2.76. The number of aryl methyl sites for hydroxylation is 1. The van der Waals surface area contributed by atoms with E-state index in [1.54, 1.807) is 17.5 Å². The Morgan fingerprint density at radius 3 is 2.82 bits per heavy atom. The lowest BCUT2D eigenvalue weighted by Crippen LogP contribution is -2.44. The fourth-order valence-electron chi connectivity index (χ4n) is 1.79. The molecule has 0 aliphatic carbocycles. The number of carboxylic acid groups (broad SMARTS) is 1. The number of likely N-dealkylation sites (N-methyl/N-ethyl adjacent to an activating group) is 1. The maximum atomic E-state index is 10.5. The molecule has 5 nitrogen and oxygen atoms in total. The Kier molecular flexibility index (Phi) is 3.96. The number of carboxylic acids is 1. The molecule has 1 aromatic heterocycles. The highest BCUT2D eigenvalue weighted by Gasteiger charge is 2.17. The van der Waals surface area contributed by atoms with Gasteiger partial charge in [-0.1, -0.05) is 0 Å². The standard InChI is InChI=1S/C11H17N3O2S/c1-13-4-6-14(7-5-13)11-12-8-9(17-11)2-3-10(15)16/h8H,2-7H2,1H3,(H,15,16). The van der Waals surface area contributed by atoms with Gasteiger partial charge < -0.3 is 14.9 Å². The van der Waals surface area contributed by atoms with Crippen molar-refractivity contribution in [2.45, 2.75) is 12.8 Å². The van der Waals surface area contributed by atoms with Crippen molar-refractivity contribution in [2.75, 3.05) is 38.1 Å². The lowest BCUT2D eigenvalue weighted by molar-refractivity contribution is -0.136. The van der Waals surface area contributed by atoms with Gasteiger partial charge in [-0.05, 0) is 13.5 Å². The van der Waals surface area contributed by atoms with Crippen LogP contribution >= 0.6 is 11.3 Å². The first-order chi connectivity index (χ1) is 8.15. The number of anilines is 1. The third kappa shape index (κ3) is 3.41. The molecule has 0 atom stereocenters. The fourth-order valence-corrected chi connectivity index (χ4v) is 2.75. The highest BCUT2D eigenvalue weighted by atomic mass is 32.1. The van der Waals surface area contributed by atoms with Crippen molar-refractivity contribution in [1.82, 2.24) is 9.88 Å². The number of aliphatic carboxylic acids is 1. The van der Waals surface area contributed by atoms with E-state index in [1.807, 2.05) is 0 Å². The van der Waals surface area contributed by atoms with Gasteiger partial charge in [0.2, 0.25) is 0 Å². The Bertz CT molecular complexity index is 386. The largest absolute Gasteiger partial charge is 0.481 e. The maximum absolute atomic E-state index is 10.5. The predicted molar refractivity (Wildman–Crippen MR) is 67.8 cm³/mol. The third-order valence-electron chi connectivity index (χ3n) is 2.90. The second kappa shape index (κ2) is 5.46. The molecular formula is C11H17N3O2S. The van der Waals surface area contributed by atoms with Gasteiger partial charge in [-0.3, -0.25) is 4.79 Å². The summed E-state index contributed by atoms with van der Waals surface area (Å²) in [6, 6.07) is 0. The van der Waals surface area contributed by atoms with Gasteiger partial charge in [0.15, 0.2) is 5.13 Å². The fraction of sp³-hybridized carbons (Fsp3) is 0.636. The summed E-state index contributed by atoms with van der Waals surface area (Å²) in [7, 11) is 2.12. The van der Waals surface area contributed by atoms with Gasteiger partial charge in [-0.25, -0.2) is 4.98 Å². The summed E-state index contributed by atoms with van der Waals surface area (Å²) >= 11 is 1.62. The highest BCUT2D eigenvalue weighted by molar-refractivity contribution is 7.15. The topological polar surface area (TPSA) is 56.7 Å². The molecule has 1 fully saturated rings. The molecular weight excluding hydrogens is 238 g/mol. The lowest BCUT2D eigenvalue weighted by Gasteiger charge is -2.32. The van der Waals surface area contributed by atoms with E-state index >= 15 is 0 Å². The first kappa shape index (κ1) is 12.3. The number of hydrogen-bond donors (Lipinski definition) is 1. The van der Waals surface area contributed by atoms with Crippen molar-refractivity contribution >= 4 is 22.4 Å². The highest BCUT2D eigenvalue weighted by Crippen LogP contribution is 2.24. The molecule has 0 unspecified atom stereocenters. The zero-order valence-corrected chi connectivity index (χ0v) is 10.7. The molecule has 94 valence electrons. The van der Waals surface area contributed by atoms with Gasteiger partial charge in [0.1, 0.15) is 0 Å². The number of carbonyl (C=O) groups is 1. The van der Waals surface area contributed by atoms with Gasteiger partial charge >= 0.3 is 5.97 Å². The molecule has 1 aromatic rings. The number of nitrogens with zero attached hydrogens (tertiary/aromatic N) is 3. The number of thiazole rings is 1. The van der Waals surface area contributed by atoms with Gasteiger partial charge in [0.25, 0.3) is 0 Å². The van der Waals surface area contributed by atoms with Gasteiger partial charge in [0.05, 0.1) is 6.42 Å². The van der Waals surface area contributed by atoms with Crippen LogP contribution in [0.2, 0.25) is 0 Å². The van der Waals surface area contributed by atoms with E-state index in [-0.39, 0.29) is 6.42 Å². The maximum Gasteiger partial charge on any atom is 0.303 e. The lowest BCUT2D eigenvalue weighted by atomic mass is 10.3. The summed E-state index contributed by atoms with van der Waals surface area (Å²) in [6.07, 6.45) is 2.58. The van der Waals surface area contributed by atoms with Crippen molar-refractivity contribution in [3.05, 3.63) is 11.1 Å². The molecule has 0 bridgehead atoms. The Labute approximate surface area is 105 Å². The number of aromatic nitrogens is 1. The summed E-state index contributed by atoms with van der Waals surface area (Å²) < 4.78 is 0. The molecule has 0 aromatic carbocycles. The summed E-state index contributed by atoms with van der Waals surface area (Å²) in [4.78, 5) is 20.5. The number of hydrogen-bond acceptors (Lipinski definition) is 5. The quantitative estimate of drug-likeness (QED) is 0.866. The monoisotopic (exact) mass is 255 g/mol. The average molecular weight is 255 g/mol. The normalized spacial score (nSPS) is 17.4. The van der Waals surface area contributed by atoms with E-state index in [4.69, 9.17) is 5.11 Å². The molecule has 2 heterocycles. The summed E-state index contributed by atoms with van der Waals surface area (Å²) in [5.74, 6) is -0.750. The zero-order valence-electron chi connectivity index (χ0n) is 9.93. The molecule has 17 heavy (non-hydrogen) atoms. The predicted octanol–water partition coefficient (Wildman–Crippen LogP) is 0.912. The molecule has 1 aliphatic heterocycles. The van der Waals surface area contributed by atoms with E-state index < -0.39 is 5.97 Å². The van der Waals surface area contributed by atoms with E-state index in [2.05, 4.69) is 21.8 Å². The van der Waals surface area contributed by atoms with Crippen LogP contribution in [0.3, 0.4) is 0 Å². The molecule has 0 amide bonds. The molecule has 1 aliphatic rings. The second-order valence-electron chi connectivity index (χ2n) is 4.29. The Morgan fingerprint density at radius 2 is 2.18 bits per heavy atom. The van der Waals surface area contributed by atoms with E-state index in [0.29, 0.717) is 6.42 Å². The van der Waals surface area contributed by atoms with Crippen molar-refractivity contribution in [3.8, 4) is 0 Å². The summed E-state index contributed by atoms with van der Waals surface area (Å²) in [5.41, 5.74) is 0. The summed E-state index contributed by atoms with van der Waals surface area (Å²) in [6.45, 7) is 4.12. The molecule has 0 spiro atoms. The molecule has 0 radical (unpaired) electrons. The van der Waals surface area contributed by atoms with Crippen LogP contribution in [0.25, 0.3) is 0 Å². The Hall–Kier alpha value is -1.14. The van der Waals surface area contributed by atoms with Crippen LogP contribution in [-0.2, 0) is 11.2 Å². The van der Waals surface area contributed by atoms with Crippen molar-refractivity contribution in [3.63, 3.8) is 0 Å². The van der Waals surface area contributed by atoms with Crippen LogP contribution in [0.1, 0.15) is 11.3 Å². The minimum absolute atomic E-state index is 0.185. The molecule has 2 rings (SSSR count). The first-order valence-electron chi connectivity index (χ1n) is 5.75. The van der Waals surface area contributed by atoms with E-state index in [9.17, 15) is 4.79 Å². The van der Waals surface area contributed by atoms with Crippen LogP contribution in [0.5, 0.6) is 0 Å². The summed E-state index contributed by atoms with van der Waals surface area (Å²) in [5, 5.41) is 9.65. The molecule has 1 saturated heterocycles. The van der Waals surface area contributed by atoms with Gasteiger partial charge in [0, 0.05) is 37.3 Å². The SMILES string of the molecule is CN1CCN(c2ncc(CCC(=O)O)s2)CC1. The minimum Gasteiger partial charge on any atom is -0.481 e. The smallest absolute Gasteiger partial charge is 0.303 e. The van der Waals surface area contributed by atoms with E-state index in [1.165, 1.54) is 0 Å². The van der Waals surface area contributed by atoms with Crippen molar-refractivity contribution < 1.29 is 9.90 Å². The van der Waals surface area contributed by atoms with E-state index in [0.717, 1.165) is 36.2 Å². The van der Waals surface area contributed by atoms with Gasteiger partial charge in [-0.2, -0.15) is 0 Å². The molecule has 1 N–H and O–H groups in total. The van der Waals surface area contributed by atoms with Gasteiger partial charge in [-0.15, -0.1) is 11.3 Å². The molecule has 0 saturated carbocycles. The minimum atomic E-state index is -0.750. The molecule has 6 heteroatoms. The van der Waals surface area contributed by atoms with Crippen LogP contribution < -0.4 is 4.90 Å². The number of piperazine rings is 1. The van der Waals surface area contributed by atoms with Crippen molar-refractivity contribution in [1.29, 1.82) is 0 Å². The zero-order chi connectivity index (χ0) is 12.3. The third-order valence-corrected chi connectivity index (χ3v) is 4.02. The number of rotatable bonds is 4. The van der Waals surface area contributed by atoms with Crippen LogP contribution in [0, 0.1) is 0 Å².